The largest absolute Gasteiger partial charge is 0.472 e. The van der Waals surface area contributed by atoms with E-state index in [1.165, 1.54) is 21.3 Å². The fourth-order valence-corrected chi connectivity index (χ4v) is 11.8. The van der Waals surface area contributed by atoms with Crippen molar-refractivity contribution in [2.75, 3.05) is 47.5 Å². The Morgan fingerprint density at radius 3 is 1.50 bits per heavy atom. The summed E-state index contributed by atoms with van der Waals surface area (Å²) < 4.78 is 116. The van der Waals surface area contributed by atoms with E-state index in [9.17, 15) is 65.4 Å². The molecule has 2 aromatic carbocycles. The molecule has 88 heavy (non-hydrogen) atoms. The number of cyclic esters (lactones) is 2. The second-order valence-corrected chi connectivity index (χ2v) is 24.3. The van der Waals surface area contributed by atoms with Gasteiger partial charge >= 0.3 is 43.6 Å². The summed E-state index contributed by atoms with van der Waals surface area (Å²) in [6.45, 7) is 1.08. The minimum atomic E-state index is -4.73. The number of unbranched alkanes of at least 4 members (excludes halogenated alkanes) is 2. The Labute approximate surface area is 498 Å². The molecule has 4 aliphatic rings. The highest BCUT2D eigenvalue weighted by Gasteiger charge is 2.52. The number of carbonyl (C=O) groups excluding carboxylic acids is 6. The van der Waals surface area contributed by atoms with Crippen molar-refractivity contribution in [1.82, 2.24) is 19.1 Å². The number of aromatic nitrogens is 4. The van der Waals surface area contributed by atoms with Gasteiger partial charge in [0, 0.05) is 70.8 Å². The van der Waals surface area contributed by atoms with Gasteiger partial charge in [0.2, 0.25) is 11.2 Å². The molecule has 8 heterocycles. The monoisotopic (exact) mass is 1250 g/mol. The molecule has 466 valence electrons. The summed E-state index contributed by atoms with van der Waals surface area (Å²) in [6, 6.07) is 10.1. The molecule has 6 aromatic rings. The van der Waals surface area contributed by atoms with Crippen LogP contribution in [0.1, 0.15) is 111 Å². The number of carbonyl (C=O) groups is 6. The summed E-state index contributed by atoms with van der Waals surface area (Å²) in [5.41, 5.74) is -2.49. The highest BCUT2D eigenvalue weighted by atomic mass is 31.2. The minimum absolute atomic E-state index is 0.0110. The molecule has 4 atom stereocenters. The summed E-state index contributed by atoms with van der Waals surface area (Å²) >= 11 is 0. The third kappa shape index (κ3) is 12.6. The number of esters is 6. The molecule has 28 heteroatoms. The van der Waals surface area contributed by atoms with Gasteiger partial charge in [-0.25, -0.2) is 41.7 Å². The number of rotatable bonds is 24. The van der Waals surface area contributed by atoms with Gasteiger partial charge in [0.15, 0.2) is 29.4 Å². The van der Waals surface area contributed by atoms with Crippen LogP contribution in [0.4, 0.5) is 17.6 Å². The number of quaternary nitrogens is 1. The third-order valence-corrected chi connectivity index (χ3v) is 16.8. The number of phosphoric acid groups is 1. The van der Waals surface area contributed by atoms with Crippen LogP contribution in [0.5, 0.6) is 0 Å². The van der Waals surface area contributed by atoms with Crippen LogP contribution in [0.25, 0.3) is 44.6 Å². The van der Waals surface area contributed by atoms with Gasteiger partial charge in [-0.15, -0.1) is 0 Å². The van der Waals surface area contributed by atoms with Crippen LogP contribution in [0, 0.1) is 23.3 Å². The molecule has 0 fully saturated rings. The molecule has 4 aromatic heterocycles. The zero-order valence-corrected chi connectivity index (χ0v) is 49.4. The maximum Gasteiger partial charge on any atom is 0.472 e. The van der Waals surface area contributed by atoms with Gasteiger partial charge in [-0.3, -0.25) is 37.8 Å². The van der Waals surface area contributed by atoms with Crippen LogP contribution in [0.15, 0.2) is 58.1 Å². The average molecular weight is 1250 g/mol. The standard InChI is InChI=1S/C60H60F4N5O18P/c1-6-59(39-22-47-53-34(18-32-20-41(61)43(63)24-45(32)65-53)26-67(47)55(74)37(39)30-81-57(59)76)86-51(72)14-10-8-12-49(70)80-28-36(29-84-88(78,79)83-17-16-69(3,4)5)85-50(71)13-9-11-15-52(73)87-60(7-2)40-23-48-54-35(19-33-21-42(62)44(64)25-46(33)66-54)27-68(48)56(75)38(40)31-82-58(60)77/h18-25,36H,6-17,26-31H2,1-5H3/p+1/t36?,59-,60+/m0/s1. The Bertz CT molecular complexity index is 4070. The smallest absolute Gasteiger partial charge is 0.462 e. The molecule has 0 saturated heterocycles. The third-order valence-electron chi connectivity index (χ3n) is 15.8. The first-order chi connectivity index (χ1) is 41.7. The van der Waals surface area contributed by atoms with Gasteiger partial charge in [0.1, 0.15) is 33.0 Å². The lowest BCUT2D eigenvalue weighted by Gasteiger charge is -2.35. The number of phosphoric ester groups is 1. The molecule has 4 aliphatic heterocycles. The predicted octanol–water partition coefficient (Wildman–Crippen LogP) is 7.25. The molecule has 0 aliphatic carbocycles. The summed E-state index contributed by atoms with van der Waals surface area (Å²) in [6.07, 6.45) is -2.89. The topological polar surface area (TPSA) is 283 Å². The van der Waals surface area contributed by atoms with E-state index in [0.29, 0.717) is 38.6 Å². The first kappa shape index (κ1) is 62.8. The Morgan fingerprint density at radius 2 is 1.06 bits per heavy atom. The summed E-state index contributed by atoms with van der Waals surface area (Å²) in [7, 11) is 0.746. The van der Waals surface area contributed by atoms with E-state index in [2.05, 4.69) is 9.97 Å². The fourth-order valence-electron chi connectivity index (χ4n) is 11.1. The van der Waals surface area contributed by atoms with Gasteiger partial charge in [-0.05, 0) is 74.9 Å². The molecule has 0 amide bonds. The van der Waals surface area contributed by atoms with E-state index < -0.39 is 122 Å². The molecule has 0 spiro atoms. The number of fused-ring (bicyclic) bond motifs is 10. The second-order valence-electron chi connectivity index (χ2n) is 22.8. The van der Waals surface area contributed by atoms with Crippen LogP contribution < -0.4 is 11.1 Å². The quantitative estimate of drug-likeness (QED) is 0.0156. The molecular weight excluding hydrogens is 1190 g/mol. The number of halogens is 4. The van der Waals surface area contributed by atoms with Crippen molar-refractivity contribution >= 4 is 65.4 Å². The Morgan fingerprint density at radius 1 is 0.625 bits per heavy atom. The molecular formula is C60H61F4N5O18P+. The van der Waals surface area contributed by atoms with E-state index in [0.717, 1.165) is 24.3 Å². The molecule has 1 N–H and O–H groups in total. The van der Waals surface area contributed by atoms with Crippen LogP contribution in [0.3, 0.4) is 0 Å². The zero-order valence-electron chi connectivity index (χ0n) is 48.5. The molecule has 0 bridgehead atoms. The van der Waals surface area contributed by atoms with Crippen molar-refractivity contribution < 1.29 is 97.7 Å². The first-order valence-electron chi connectivity index (χ1n) is 28.4. The van der Waals surface area contributed by atoms with Crippen molar-refractivity contribution in [3.05, 3.63) is 126 Å². The van der Waals surface area contributed by atoms with E-state index in [-0.39, 0.29) is 134 Å². The molecule has 23 nitrogen and oxygen atoms in total. The van der Waals surface area contributed by atoms with Gasteiger partial charge in [0.25, 0.3) is 11.1 Å². The van der Waals surface area contributed by atoms with Gasteiger partial charge in [-0.2, -0.15) is 0 Å². The number of likely N-dealkylation sites (N-methyl/N-ethyl adjacent to an activating group) is 1. The second kappa shape index (κ2) is 24.7. The Hall–Kier alpha value is -8.23. The zero-order chi connectivity index (χ0) is 63.2. The maximum atomic E-state index is 14.2. The number of benzene rings is 2. The number of hydrogen-bond acceptors (Lipinski definition) is 19. The van der Waals surface area contributed by atoms with Crippen LogP contribution in [-0.2, 0) is 108 Å². The lowest BCUT2D eigenvalue weighted by molar-refractivity contribution is -0.870. The van der Waals surface area contributed by atoms with Gasteiger partial charge < -0.3 is 46.9 Å². The summed E-state index contributed by atoms with van der Waals surface area (Å²) in [5.74, 6) is -9.68. The predicted molar refractivity (Wildman–Crippen MR) is 299 cm³/mol. The molecule has 2 unspecified atom stereocenters. The van der Waals surface area contributed by atoms with E-state index in [1.807, 2.05) is 21.1 Å². The summed E-state index contributed by atoms with van der Waals surface area (Å²) in [5, 5.41) is 0.616. The van der Waals surface area contributed by atoms with Crippen molar-refractivity contribution in [3.63, 3.8) is 0 Å². The molecule has 10 rings (SSSR count). The Balaban J connectivity index is 0.732. The van der Waals surface area contributed by atoms with E-state index >= 15 is 0 Å². The maximum absolute atomic E-state index is 14.2. The Kier molecular flexibility index (Phi) is 17.7. The van der Waals surface area contributed by atoms with E-state index in [1.54, 1.807) is 26.0 Å². The van der Waals surface area contributed by atoms with E-state index in [4.69, 9.17) is 37.5 Å². The van der Waals surface area contributed by atoms with Crippen molar-refractivity contribution in [3.8, 4) is 22.8 Å². The number of hydrogen-bond donors (Lipinski definition) is 1. The molecule has 0 radical (unpaired) electrons. The minimum Gasteiger partial charge on any atom is -0.462 e. The van der Waals surface area contributed by atoms with Crippen molar-refractivity contribution in [2.45, 2.75) is 122 Å². The molecule has 0 saturated carbocycles. The lowest BCUT2D eigenvalue weighted by Crippen LogP contribution is -2.47. The van der Waals surface area contributed by atoms with Gasteiger partial charge in [-0.1, -0.05) is 13.8 Å². The number of ether oxygens (including phenoxy) is 6. The fraction of sp³-hybridized carbons (Fsp3) is 0.433. The normalized spacial score (nSPS) is 18.2. The first-order valence-corrected chi connectivity index (χ1v) is 29.9. The average Bonchev–Trinajstić information content (AvgIpc) is 2.25. The number of pyridine rings is 4. The lowest BCUT2D eigenvalue weighted by atomic mass is 9.85. The number of nitrogens with zero attached hydrogens (tertiary/aromatic N) is 5. The van der Waals surface area contributed by atoms with Crippen molar-refractivity contribution in [1.29, 1.82) is 0 Å². The highest BCUT2D eigenvalue weighted by Crippen LogP contribution is 2.45. The van der Waals surface area contributed by atoms with Crippen LogP contribution in [0.2, 0.25) is 0 Å². The van der Waals surface area contributed by atoms with Gasteiger partial charge in [0.05, 0.1) is 85.8 Å². The SMILES string of the molecule is CC[C@]1(OC(=O)CCCCC(=O)OC(COC(=O)CCCCC(=O)O[C@]2(CC)C(=O)OCc3c2cc2n(c3=O)Cc3cc4cc(F)c(F)cc4nc3-2)COP(=O)(O)OCC[N+](C)(C)C)C(=O)OCc2c1cc1n(c2=O)Cc2cc3cc(F)c(F)cc3nc2-1. The summed E-state index contributed by atoms with van der Waals surface area (Å²) in [4.78, 5) is 128. The van der Waals surface area contributed by atoms with Crippen LogP contribution in [-0.4, -0.2) is 118 Å². The van der Waals surface area contributed by atoms with Crippen molar-refractivity contribution in [2.24, 2.45) is 0 Å². The van der Waals surface area contributed by atoms with Crippen LogP contribution >= 0.6 is 7.82 Å². The highest BCUT2D eigenvalue weighted by molar-refractivity contribution is 7.47.